The van der Waals surface area contributed by atoms with Crippen LogP contribution >= 0.6 is 31.9 Å². The van der Waals surface area contributed by atoms with Crippen LogP contribution in [0.1, 0.15) is 31.8 Å². The quantitative estimate of drug-likeness (QED) is 0.585. The van der Waals surface area contributed by atoms with Crippen molar-refractivity contribution in [1.82, 2.24) is 0 Å². The maximum absolute atomic E-state index is 10.4. The molecular weight excluding hydrogens is 400 g/mol. The first-order valence-corrected chi connectivity index (χ1v) is 8.33. The molecule has 0 heterocycles. The van der Waals surface area contributed by atoms with Crippen LogP contribution in [-0.2, 0) is 10.7 Å². The molecule has 0 saturated carbocycles. The van der Waals surface area contributed by atoms with Gasteiger partial charge in [0.1, 0.15) is 6.29 Å². The summed E-state index contributed by atoms with van der Waals surface area (Å²) in [6.07, 6.45) is 0.845. The number of carboxylic acids is 1. The van der Waals surface area contributed by atoms with Gasteiger partial charge in [-0.05, 0) is 23.3 Å². The Labute approximate surface area is 140 Å². The van der Waals surface area contributed by atoms with E-state index >= 15 is 0 Å². The van der Waals surface area contributed by atoms with E-state index in [1.807, 2.05) is 24.3 Å². The number of aromatic carboxylic acids is 1. The molecule has 2 rings (SSSR count). The van der Waals surface area contributed by atoms with Crippen LogP contribution in [0.3, 0.4) is 0 Å². The molecule has 3 nitrogen and oxygen atoms in total. The molecule has 0 aliphatic carbocycles. The van der Waals surface area contributed by atoms with Crippen LogP contribution in [-0.4, -0.2) is 17.4 Å². The molecule has 0 aliphatic rings. The van der Waals surface area contributed by atoms with Crippen molar-refractivity contribution >= 4 is 44.1 Å². The second-order valence-corrected chi connectivity index (χ2v) is 5.25. The Hall–Kier alpha value is -1.46. The second-order valence-electron chi connectivity index (χ2n) is 4.13. The van der Waals surface area contributed by atoms with E-state index in [1.54, 1.807) is 24.3 Å². The molecule has 0 unspecified atom stereocenters. The predicted octanol–water partition coefficient (Wildman–Crippen LogP) is 4.67. The molecule has 0 aromatic heterocycles. The lowest BCUT2D eigenvalue weighted by molar-refractivity contribution is 0.0696. The van der Waals surface area contributed by atoms with E-state index in [2.05, 4.69) is 31.9 Å². The van der Waals surface area contributed by atoms with Crippen molar-refractivity contribution in [3.63, 3.8) is 0 Å². The summed E-state index contributed by atoms with van der Waals surface area (Å²) < 4.78 is 0. The number of aldehydes is 1. The molecule has 5 heteroatoms. The molecule has 0 atom stereocenters. The number of alkyl halides is 2. The Balaban J connectivity index is 0.000000211. The van der Waals surface area contributed by atoms with Crippen molar-refractivity contribution in [3.8, 4) is 0 Å². The first-order valence-electron chi connectivity index (χ1n) is 6.09. The van der Waals surface area contributed by atoms with E-state index in [-0.39, 0.29) is 0 Å². The highest BCUT2D eigenvalue weighted by molar-refractivity contribution is 9.08. The van der Waals surface area contributed by atoms with Gasteiger partial charge in [0.2, 0.25) is 0 Å². The van der Waals surface area contributed by atoms with Gasteiger partial charge in [-0.2, -0.15) is 0 Å². The SMILES string of the molecule is O=C(O)c1ccc(CBr)cc1.O=Cc1ccc(CBr)cc1. The van der Waals surface area contributed by atoms with Crippen molar-refractivity contribution in [1.29, 1.82) is 0 Å². The highest BCUT2D eigenvalue weighted by atomic mass is 79.9. The Bertz CT molecular complexity index is 577. The van der Waals surface area contributed by atoms with Crippen LogP contribution in [0, 0.1) is 0 Å². The van der Waals surface area contributed by atoms with E-state index < -0.39 is 5.97 Å². The normalized spacial score (nSPS) is 9.43. The largest absolute Gasteiger partial charge is 0.478 e. The molecule has 2 aromatic carbocycles. The van der Waals surface area contributed by atoms with Gasteiger partial charge in [-0.3, -0.25) is 4.79 Å². The highest BCUT2D eigenvalue weighted by Gasteiger charge is 1.99. The fourth-order valence-electron chi connectivity index (χ4n) is 1.42. The van der Waals surface area contributed by atoms with Gasteiger partial charge in [-0.25, -0.2) is 4.79 Å². The summed E-state index contributed by atoms with van der Waals surface area (Å²) in [5, 5.41) is 10.1. The summed E-state index contributed by atoms with van der Waals surface area (Å²) in [4.78, 5) is 20.6. The molecule has 110 valence electrons. The molecule has 0 aliphatic heterocycles. The molecule has 0 saturated heterocycles. The number of carbonyl (C=O) groups is 2. The first kappa shape index (κ1) is 17.6. The summed E-state index contributed by atoms with van der Waals surface area (Å²) in [5.41, 5.74) is 3.32. The highest BCUT2D eigenvalue weighted by Crippen LogP contribution is 2.07. The van der Waals surface area contributed by atoms with Crippen LogP contribution < -0.4 is 0 Å². The third kappa shape index (κ3) is 6.23. The molecule has 1 N–H and O–H groups in total. The van der Waals surface area contributed by atoms with Gasteiger partial charge >= 0.3 is 5.97 Å². The smallest absolute Gasteiger partial charge is 0.335 e. The number of rotatable bonds is 4. The zero-order chi connectivity index (χ0) is 15.7. The average molecular weight is 414 g/mol. The van der Waals surface area contributed by atoms with Crippen LogP contribution in [0.4, 0.5) is 0 Å². The summed E-state index contributed by atoms with van der Waals surface area (Å²) in [7, 11) is 0. The van der Waals surface area contributed by atoms with Gasteiger partial charge in [-0.1, -0.05) is 68.3 Å². The second kappa shape index (κ2) is 9.47. The zero-order valence-corrected chi connectivity index (χ0v) is 14.3. The Morgan fingerprint density at radius 1 is 0.905 bits per heavy atom. The molecule has 0 radical (unpaired) electrons. The van der Waals surface area contributed by atoms with Crippen molar-refractivity contribution in [2.45, 2.75) is 10.7 Å². The topological polar surface area (TPSA) is 54.4 Å². The number of carbonyl (C=O) groups excluding carboxylic acids is 1. The number of hydrogen-bond acceptors (Lipinski definition) is 2. The van der Waals surface area contributed by atoms with E-state index in [4.69, 9.17) is 5.11 Å². The Kier molecular flexibility index (Phi) is 7.93. The lowest BCUT2D eigenvalue weighted by Crippen LogP contribution is -1.95. The van der Waals surface area contributed by atoms with Crippen molar-refractivity contribution in [3.05, 3.63) is 70.8 Å². The van der Waals surface area contributed by atoms with E-state index in [0.29, 0.717) is 5.56 Å². The van der Waals surface area contributed by atoms with E-state index in [1.165, 1.54) is 5.56 Å². The van der Waals surface area contributed by atoms with Crippen molar-refractivity contribution in [2.75, 3.05) is 0 Å². The predicted molar refractivity (Wildman–Crippen MR) is 90.5 cm³/mol. The maximum atomic E-state index is 10.4. The number of carboxylic acid groups (broad SMARTS) is 1. The minimum Gasteiger partial charge on any atom is -0.478 e. The van der Waals surface area contributed by atoms with Crippen molar-refractivity contribution < 1.29 is 14.7 Å². The summed E-state index contributed by atoms with van der Waals surface area (Å²) in [5.74, 6) is -0.883. The number of benzene rings is 2. The fourth-order valence-corrected chi connectivity index (χ4v) is 2.17. The van der Waals surface area contributed by atoms with Gasteiger partial charge < -0.3 is 5.11 Å². The number of halogens is 2. The monoisotopic (exact) mass is 412 g/mol. The Morgan fingerprint density at radius 3 is 1.67 bits per heavy atom. The molecule has 0 spiro atoms. The molecule has 0 fully saturated rings. The third-order valence-corrected chi connectivity index (χ3v) is 3.92. The van der Waals surface area contributed by atoms with Gasteiger partial charge in [0.25, 0.3) is 0 Å². The van der Waals surface area contributed by atoms with Crippen LogP contribution in [0.15, 0.2) is 48.5 Å². The van der Waals surface area contributed by atoms with Crippen molar-refractivity contribution in [2.24, 2.45) is 0 Å². The van der Waals surface area contributed by atoms with Gasteiger partial charge in [0.05, 0.1) is 5.56 Å². The van der Waals surface area contributed by atoms with Crippen LogP contribution in [0.2, 0.25) is 0 Å². The minimum absolute atomic E-state index is 0.328. The van der Waals surface area contributed by atoms with Crippen LogP contribution in [0.5, 0.6) is 0 Å². The van der Waals surface area contributed by atoms with Gasteiger partial charge in [0, 0.05) is 16.2 Å². The minimum atomic E-state index is -0.883. The summed E-state index contributed by atoms with van der Waals surface area (Å²) >= 11 is 6.59. The molecule has 0 amide bonds. The van der Waals surface area contributed by atoms with E-state index in [9.17, 15) is 9.59 Å². The standard InChI is InChI=1S/C8H7BrO2.C8H7BrO/c9-5-6-1-3-7(4-2-6)8(10)11;9-5-7-1-3-8(6-10)4-2-7/h1-4H,5H2,(H,10,11);1-4,6H,5H2. The third-order valence-electron chi connectivity index (χ3n) is 2.63. The maximum Gasteiger partial charge on any atom is 0.335 e. The summed E-state index contributed by atoms with van der Waals surface area (Å²) in [6.45, 7) is 0. The van der Waals surface area contributed by atoms with Crippen LogP contribution in [0.25, 0.3) is 0 Å². The molecule has 21 heavy (non-hydrogen) atoms. The van der Waals surface area contributed by atoms with Gasteiger partial charge in [0.15, 0.2) is 0 Å². The van der Waals surface area contributed by atoms with Gasteiger partial charge in [-0.15, -0.1) is 0 Å². The number of hydrogen-bond donors (Lipinski definition) is 1. The lowest BCUT2D eigenvalue weighted by Gasteiger charge is -1.95. The fraction of sp³-hybridized carbons (Fsp3) is 0.125. The molecule has 2 aromatic rings. The first-order chi connectivity index (χ1) is 10.1. The molecule has 0 bridgehead atoms. The lowest BCUT2D eigenvalue weighted by atomic mass is 10.2. The Morgan fingerprint density at radius 2 is 1.33 bits per heavy atom. The van der Waals surface area contributed by atoms with E-state index in [0.717, 1.165) is 28.1 Å². The summed E-state index contributed by atoms with van der Waals surface area (Å²) in [6, 6.07) is 14.2. The molecular formula is C16H14Br2O3. The average Bonchev–Trinajstić information content (AvgIpc) is 2.55. The zero-order valence-electron chi connectivity index (χ0n) is 11.1.